The molecule has 3 N–H and O–H groups in total. The number of thioether (sulfide) groups is 1. The van der Waals surface area contributed by atoms with Crippen molar-refractivity contribution < 1.29 is 9.90 Å². The molecule has 0 aliphatic heterocycles. The van der Waals surface area contributed by atoms with Crippen LogP contribution in [-0.2, 0) is 4.79 Å². The molecular formula is C12H17NO2S. The summed E-state index contributed by atoms with van der Waals surface area (Å²) >= 11 is 1.57. The molecule has 1 rings (SSSR count). The van der Waals surface area contributed by atoms with Crippen LogP contribution in [-0.4, -0.2) is 22.9 Å². The van der Waals surface area contributed by atoms with Crippen molar-refractivity contribution in [1.82, 2.24) is 0 Å². The number of hydrogen-bond acceptors (Lipinski definition) is 3. The summed E-state index contributed by atoms with van der Waals surface area (Å²) in [5.41, 5.74) is 7.93. The zero-order chi connectivity index (χ0) is 12.1. The maximum Gasteiger partial charge on any atom is 0.321 e. The highest BCUT2D eigenvalue weighted by molar-refractivity contribution is 7.99. The average molecular weight is 239 g/mol. The third-order valence-corrected chi connectivity index (χ3v) is 3.77. The van der Waals surface area contributed by atoms with Crippen LogP contribution in [0, 0.1) is 6.92 Å². The smallest absolute Gasteiger partial charge is 0.321 e. The van der Waals surface area contributed by atoms with Crippen LogP contribution in [0.5, 0.6) is 0 Å². The zero-order valence-electron chi connectivity index (χ0n) is 9.51. The summed E-state index contributed by atoms with van der Waals surface area (Å²) < 4.78 is 0. The van der Waals surface area contributed by atoms with Crippen LogP contribution in [0.1, 0.15) is 23.3 Å². The van der Waals surface area contributed by atoms with Crippen LogP contribution in [0.15, 0.2) is 24.3 Å². The topological polar surface area (TPSA) is 63.3 Å². The molecule has 16 heavy (non-hydrogen) atoms. The minimum Gasteiger partial charge on any atom is -0.480 e. The van der Waals surface area contributed by atoms with E-state index in [2.05, 4.69) is 26.0 Å². The van der Waals surface area contributed by atoms with Crippen molar-refractivity contribution >= 4 is 17.7 Å². The molecule has 1 aromatic carbocycles. The van der Waals surface area contributed by atoms with Crippen molar-refractivity contribution in [3.05, 3.63) is 35.4 Å². The highest BCUT2D eigenvalue weighted by Crippen LogP contribution is 2.30. The molecule has 1 aromatic rings. The average Bonchev–Trinajstić information content (AvgIpc) is 2.25. The third-order valence-electron chi connectivity index (χ3n) is 2.47. The molecule has 1 unspecified atom stereocenters. The number of carboxylic acids is 1. The molecular weight excluding hydrogens is 222 g/mol. The van der Waals surface area contributed by atoms with Crippen molar-refractivity contribution in [3.63, 3.8) is 0 Å². The number of nitrogens with two attached hydrogens (primary N) is 1. The molecule has 0 bridgehead atoms. The normalized spacial score (nSPS) is 14.4. The molecule has 0 radical (unpaired) electrons. The van der Waals surface area contributed by atoms with Crippen molar-refractivity contribution in [2.45, 2.75) is 25.1 Å². The maximum atomic E-state index is 10.6. The Bertz CT molecular complexity index is 368. The number of carboxylic acid groups (broad SMARTS) is 1. The van der Waals surface area contributed by atoms with Gasteiger partial charge in [-0.2, -0.15) is 11.8 Å². The molecule has 3 nitrogen and oxygen atoms in total. The number of aliphatic carboxylic acids is 1. The zero-order valence-corrected chi connectivity index (χ0v) is 10.3. The van der Waals surface area contributed by atoms with Crippen LogP contribution in [0.3, 0.4) is 0 Å². The molecule has 0 amide bonds. The van der Waals surface area contributed by atoms with E-state index < -0.39 is 12.0 Å². The molecule has 0 aliphatic rings. The lowest BCUT2D eigenvalue weighted by Gasteiger charge is -2.15. The number of carbonyl (C=O) groups is 1. The van der Waals surface area contributed by atoms with Gasteiger partial charge in [0.05, 0.1) is 0 Å². The van der Waals surface area contributed by atoms with E-state index in [0.717, 1.165) is 0 Å². The van der Waals surface area contributed by atoms with Gasteiger partial charge >= 0.3 is 5.97 Å². The molecule has 0 fully saturated rings. The molecule has 2 atom stereocenters. The number of aryl methyl sites for hydroxylation is 1. The highest BCUT2D eigenvalue weighted by atomic mass is 32.2. The lowest BCUT2D eigenvalue weighted by Crippen LogP contribution is -2.32. The Kier molecular flexibility index (Phi) is 4.83. The van der Waals surface area contributed by atoms with E-state index in [1.165, 1.54) is 11.1 Å². The first-order valence-electron chi connectivity index (χ1n) is 5.18. The minimum atomic E-state index is -0.940. The second kappa shape index (κ2) is 5.92. The van der Waals surface area contributed by atoms with E-state index >= 15 is 0 Å². The van der Waals surface area contributed by atoms with Crippen LogP contribution in [0.4, 0.5) is 0 Å². The van der Waals surface area contributed by atoms with Gasteiger partial charge in [0.2, 0.25) is 0 Å². The van der Waals surface area contributed by atoms with Crippen molar-refractivity contribution in [2.75, 3.05) is 5.75 Å². The summed E-state index contributed by atoms with van der Waals surface area (Å²) in [4.78, 5) is 10.6. The van der Waals surface area contributed by atoms with Gasteiger partial charge in [-0.3, -0.25) is 4.79 Å². The molecule has 0 saturated heterocycles. The minimum absolute atomic E-state index is 0.270. The standard InChI is InChI=1S/C12H17NO2S/c1-8-5-3-4-6-10(8)9(2)16-7-11(13)12(14)15/h3-6,9,11H,7,13H2,1-2H3,(H,14,15)/t9?,11-/m0/s1. The molecule has 0 heterocycles. The summed E-state index contributed by atoms with van der Waals surface area (Å²) in [6, 6.07) is 7.34. The van der Waals surface area contributed by atoms with Crippen molar-refractivity contribution in [2.24, 2.45) is 5.73 Å². The van der Waals surface area contributed by atoms with E-state index in [4.69, 9.17) is 10.8 Å². The molecule has 0 spiro atoms. The summed E-state index contributed by atoms with van der Waals surface area (Å²) in [6.07, 6.45) is 0. The van der Waals surface area contributed by atoms with Crippen LogP contribution in [0.25, 0.3) is 0 Å². The van der Waals surface area contributed by atoms with Gasteiger partial charge < -0.3 is 10.8 Å². The summed E-state index contributed by atoms with van der Waals surface area (Å²) in [7, 11) is 0. The largest absolute Gasteiger partial charge is 0.480 e. The van der Waals surface area contributed by atoms with E-state index in [1.807, 2.05) is 12.1 Å². The molecule has 0 saturated carbocycles. The van der Waals surface area contributed by atoms with E-state index in [-0.39, 0.29) is 5.25 Å². The Balaban J connectivity index is 2.56. The number of benzene rings is 1. The van der Waals surface area contributed by atoms with Crippen LogP contribution >= 0.6 is 11.8 Å². The summed E-state index contributed by atoms with van der Waals surface area (Å²) in [5, 5.41) is 8.95. The first kappa shape index (κ1) is 13.1. The Morgan fingerprint density at radius 1 is 1.50 bits per heavy atom. The fourth-order valence-corrected chi connectivity index (χ4v) is 2.53. The molecule has 88 valence electrons. The highest BCUT2D eigenvalue weighted by Gasteiger charge is 2.15. The summed E-state index contributed by atoms with van der Waals surface area (Å²) in [6.45, 7) is 4.13. The van der Waals surface area contributed by atoms with Crippen LogP contribution < -0.4 is 5.73 Å². The monoisotopic (exact) mass is 239 g/mol. The maximum absolute atomic E-state index is 10.6. The quantitative estimate of drug-likeness (QED) is 0.827. The Hall–Kier alpha value is -1.00. The molecule has 0 aromatic heterocycles. The van der Waals surface area contributed by atoms with Gasteiger partial charge in [-0.15, -0.1) is 0 Å². The van der Waals surface area contributed by atoms with Gasteiger partial charge in [0, 0.05) is 11.0 Å². The van der Waals surface area contributed by atoms with Gasteiger partial charge in [0.15, 0.2) is 0 Å². The second-order valence-electron chi connectivity index (χ2n) is 3.78. The van der Waals surface area contributed by atoms with Crippen molar-refractivity contribution in [1.29, 1.82) is 0 Å². The van der Waals surface area contributed by atoms with Gasteiger partial charge in [-0.05, 0) is 25.0 Å². The summed E-state index contributed by atoms with van der Waals surface area (Å²) in [5.74, 6) is -0.505. The first-order chi connectivity index (χ1) is 7.52. The third kappa shape index (κ3) is 3.54. The van der Waals surface area contributed by atoms with Gasteiger partial charge in [0.25, 0.3) is 0 Å². The molecule has 0 aliphatic carbocycles. The lowest BCUT2D eigenvalue weighted by atomic mass is 10.1. The predicted molar refractivity (Wildman–Crippen MR) is 67.7 cm³/mol. The fourth-order valence-electron chi connectivity index (χ4n) is 1.45. The van der Waals surface area contributed by atoms with Gasteiger partial charge in [-0.25, -0.2) is 0 Å². The lowest BCUT2D eigenvalue weighted by molar-refractivity contribution is -0.137. The Morgan fingerprint density at radius 2 is 2.12 bits per heavy atom. The number of rotatable bonds is 5. The fraction of sp³-hybridized carbons (Fsp3) is 0.417. The van der Waals surface area contributed by atoms with Crippen LogP contribution in [0.2, 0.25) is 0 Å². The molecule has 4 heteroatoms. The SMILES string of the molecule is Cc1ccccc1C(C)SC[C@H](N)C(=O)O. The van der Waals surface area contributed by atoms with Gasteiger partial charge in [-0.1, -0.05) is 24.3 Å². The van der Waals surface area contributed by atoms with E-state index in [0.29, 0.717) is 5.75 Å². The number of hydrogen-bond donors (Lipinski definition) is 2. The predicted octanol–water partition coefficient (Wildman–Crippen LogP) is 2.20. The Labute approximate surface area is 100 Å². The van der Waals surface area contributed by atoms with E-state index in [9.17, 15) is 4.79 Å². The second-order valence-corrected chi connectivity index (χ2v) is 5.15. The van der Waals surface area contributed by atoms with Crippen molar-refractivity contribution in [3.8, 4) is 0 Å². The first-order valence-corrected chi connectivity index (χ1v) is 6.22. The van der Waals surface area contributed by atoms with Gasteiger partial charge in [0.1, 0.15) is 6.04 Å². The Morgan fingerprint density at radius 3 is 2.69 bits per heavy atom. The van der Waals surface area contributed by atoms with E-state index in [1.54, 1.807) is 11.8 Å².